The largest absolute Gasteiger partial charge is 0.508 e. The predicted molar refractivity (Wildman–Crippen MR) is 125 cm³/mol. The van der Waals surface area contributed by atoms with Crippen molar-refractivity contribution in [3.63, 3.8) is 0 Å². The lowest BCUT2D eigenvalue weighted by molar-refractivity contribution is -0.145. The lowest BCUT2D eigenvalue weighted by atomic mass is 9.83. The van der Waals surface area contributed by atoms with E-state index in [9.17, 15) is 19.5 Å². The van der Waals surface area contributed by atoms with E-state index in [2.05, 4.69) is 17.2 Å². The van der Waals surface area contributed by atoms with Gasteiger partial charge in [-0.1, -0.05) is 37.5 Å². The average Bonchev–Trinajstić information content (AvgIpc) is 2.82. The lowest BCUT2D eigenvalue weighted by Crippen LogP contribution is -2.55. The number of carbonyl (C=O) groups excluding carboxylic acids is 3. The number of methoxy groups -OCH3 is 1. The number of aromatic hydroxyl groups is 1. The summed E-state index contributed by atoms with van der Waals surface area (Å²) < 4.78 is 10.1. The lowest BCUT2D eigenvalue weighted by Gasteiger charge is -2.30. The number of phenols is 1. The van der Waals surface area contributed by atoms with Crippen LogP contribution in [0, 0.1) is 5.92 Å². The van der Waals surface area contributed by atoms with Crippen LogP contribution in [0.1, 0.15) is 56.9 Å². The van der Waals surface area contributed by atoms with Crippen LogP contribution in [0.2, 0.25) is 0 Å². The zero-order valence-corrected chi connectivity index (χ0v) is 19.4. The molecule has 1 aliphatic carbocycles. The minimum absolute atomic E-state index is 0.0360. The number of alkyl carbamates (subject to hydrolysis) is 1. The van der Waals surface area contributed by atoms with Gasteiger partial charge in [0.1, 0.15) is 17.8 Å². The summed E-state index contributed by atoms with van der Waals surface area (Å²) in [6.07, 6.45) is 8.46. The van der Waals surface area contributed by atoms with Crippen LogP contribution in [0.25, 0.3) is 0 Å². The number of rotatable bonds is 12. The number of esters is 1. The van der Waals surface area contributed by atoms with Gasteiger partial charge in [0, 0.05) is 6.42 Å². The van der Waals surface area contributed by atoms with E-state index < -0.39 is 30.1 Å². The Balaban J connectivity index is 2.06. The van der Waals surface area contributed by atoms with Gasteiger partial charge in [-0.05, 0) is 55.7 Å². The first-order valence-electron chi connectivity index (χ1n) is 11.6. The van der Waals surface area contributed by atoms with Crippen LogP contribution in [-0.2, 0) is 25.5 Å². The molecule has 2 unspecified atom stereocenters. The number of carbonyl (C=O) groups is 3. The number of hydrogen-bond acceptors (Lipinski definition) is 6. The molecule has 0 aliphatic heterocycles. The highest BCUT2D eigenvalue weighted by Gasteiger charge is 2.34. The smallest absolute Gasteiger partial charge is 0.407 e. The van der Waals surface area contributed by atoms with Gasteiger partial charge in [0.15, 0.2) is 0 Å². The van der Waals surface area contributed by atoms with Crippen LogP contribution < -0.4 is 10.6 Å². The van der Waals surface area contributed by atoms with Crippen molar-refractivity contribution in [3.8, 4) is 5.75 Å². The van der Waals surface area contributed by atoms with Crippen LogP contribution in [-0.4, -0.2) is 48.9 Å². The van der Waals surface area contributed by atoms with Crippen molar-refractivity contribution < 1.29 is 29.0 Å². The molecule has 1 aliphatic rings. The first kappa shape index (κ1) is 26.2. The number of hydrogen-bond donors (Lipinski definition) is 3. The second kappa shape index (κ2) is 14.2. The van der Waals surface area contributed by atoms with Crippen molar-refractivity contribution >= 4 is 18.0 Å². The topological polar surface area (TPSA) is 114 Å². The maximum Gasteiger partial charge on any atom is 0.407 e. The van der Waals surface area contributed by atoms with Crippen molar-refractivity contribution in [2.45, 2.75) is 69.9 Å². The summed E-state index contributed by atoms with van der Waals surface area (Å²) in [5.74, 6) is -1.01. The number of amides is 2. The molecule has 1 aromatic carbocycles. The summed E-state index contributed by atoms with van der Waals surface area (Å²) in [6.45, 7) is 3.93. The Labute approximate surface area is 195 Å². The van der Waals surface area contributed by atoms with Gasteiger partial charge in [-0.15, -0.1) is 6.58 Å². The molecular weight excluding hydrogens is 424 g/mol. The molecular formula is C25H36N2O6. The fourth-order valence-corrected chi connectivity index (χ4v) is 4.11. The number of unbranched alkanes of at least 4 members (excludes halogenated alkanes) is 2. The molecule has 3 N–H and O–H groups in total. The average molecular weight is 461 g/mol. The summed E-state index contributed by atoms with van der Waals surface area (Å²) >= 11 is 0. The van der Waals surface area contributed by atoms with Crippen molar-refractivity contribution in [1.29, 1.82) is 0 Å². The Morgan fingerprint density at radius 3 is 2.61 bits per heavy atom. The van der Waals surface area contributed by atoms with Gasteiger partial charge in [-0.2, -0.15) is 0 Å². The molecule has 0 bridgehead atoms. The highest BCUT2D eigenvalue weighted by atomic mass is 16.5. The van der Waals surface area contributed by atoms with Crippen molar-refractivity contribution in [3.05, 3.63) is 42.5 Å². The molecule has 8 nitrogen and oxygen atoms in total. The second-order valence-electron chi connectivity index (χ2n) is 8.40. The van der Waals surface area contributed by atoms with Crippen molar-refractivity contribution in [2.24, 2.45) is 5.92 Å². The molecule has 182 valence electrons. The van der Waals surface area contributed by atoms with Crippen LogP contribution in [0.15, 0.2) is 36.9 Å². The molecule has 0 spiro atoms. The van der Waals surface area contributed by atoms with Crippen LogP contribution in [0.3, 0.4) is 0 Å². The third kappa shape index (κ3) is 9.16. The zero-order chi connectivity index (χ0) is 24.1. The zero-order valence-electron chi connectivity index (χ0n) is 19.4. The number of phenolic OH excluding ortho intramolecular Hbond substituents is 1. The van der Waals surface area contributed by atoms with Gasteiger partial charge in [-0.3, -0.25) is 4.79 Å². The molecule has 2 amide bonds. The normalized spacial score (nSPS) is 15.7. The van der Waals surface area contributed by atoms with Gasteiger partial charge in [0.05, 0.1) is 13.7 Å². The third-order valence-electron chi connectivity index (χ3n) is 5.87. The van der Waals surface area contributed by atoms with E-state index in [1.165, 1.54) is 19.2 Å². The van der Waals surface area contributed by atoms with E-state index in [1.807, 2.05) is 6.08 Å². The van der Waals surface area contributed by atoms with E-state index in [0.29, 0.717) is 12.0 Å². The summed E-state index contributed by atoms with van der Waals surface area (Å²) in [5.41, 5.74) is 0.673. The van der Waals surface area contributed by atoms with Gasteiger partial charge in [0.2, 0.25) is 5.91 Å². The van der Waals surface area contributed by atoms with Gasteiger partial charge in [-0.25, -0.2) is 9.59 Å². The molecule has 2 rings (SSSR count). The van der Waals surface area contributed by atoms with E-state index in [-0.39, 0.29) is 24.7 Å². The number of nitrogens with one attached hydrogen (secondary N) is 2. The van der Waals surface area contributed by atoms with Crippen molar-refractivity contribution in [1.82, 2.24) is 10.6 Å². The summed E-state index contributed by atoms with van der Waals surface area (Å²) in [6, 6.07) is 4.72. The molecule has 33 heavy (non-hydrogen) atoms. The van der Waals surface area contributed by atoms with Crippen LogP contribution in [0.5, 0.6) is 5.75 Å². The van der Waals surface area contributed by atoms with E-state index in [1.54, 1.807) is 12.1 Å². The monoisotopic (exact) mass is 460 g/mol. The molecule has 1 fully saturated rings. The number of benzene rings is 1. The standard InChI is InChI=1S/C25H36N2O6/c1-3-4-5-9-15-33-25(31)27-22(19-12-7-6-8-13-19)23(29)26-21(24(30)32-2)17-18-11-10-14-20(28)16-18/h3,10-11,14,16,19,21-22,28H,1,4-9,12-13,15,17H2,2H3,(H,26,29)(H,27,31). The predicted octanol–water partition coefficient (Wildman–Crippen LogP) is 3.62. The molecule has 8 heteroatoms. The fraction of sp³-hybridized carbons (Fsp3) is 0.560. The quantitative estimate of drug-likeness (QED) is 0.249. The Morgan fingerprint density at radius 1 is 1.18 bits per heavy atom. The second-order valence-corrected chi connectivity index (χ2v) is 8.40. The Morgan fingerprint density at radius 2 is 1.94 bits per heavy atom. The van der Waals surface area contributed by atoms with Gasteiger partial charge < -0.3 is 25.2 Å². The van der Waals surface area contributed by atoms with Crippen LogP contribution in [0.4, 0.5) is 4.79 Å². The highest BCUT2D eigenvalue weighted by Crippen LogP contribution is 2.27. The maximum atomic E-state index is 13.2. The van der Waals surface area contributed by atoms with E-state index >= 15 is 0 Å². The Hall–Kier alpha value is -3.03. The summed E-state index contributed by atoms with van der Waals surface area (Å²) in [7, 11) is 1.25. The Bertz CT molecular complexity index is 791. The van der Waals surface area contributed by atoms with Gasteiger partial charge >= 0.3 is 12.1 Å². The minimum Gasteiger partial charge on any atom is -0.508 e. The van der Waals surface area contributed by atoms with Gasteiger partial charge in [0.25, 0.3) is 0 Å². The Kier molecular flexibility index (Phi) is 11.3. The van der Waals surface area contributed by atoms with E-state index in [4.69, 9.17) is 9.47 Å². The number of ether oxygens (including phenoxy) is 2. The van der Waals surface area contributed by atoms with E-state index in [0.717, 1.165) is 44.9 Å². The third-order valence-corrected chi connectivity index (χ3v) is 5.87. The maximum absolute atomic E-state index is 13.2. The molecule has 0 aromatic heterocycles. The summed E-state index contributed by atoms with van der Waals surface area (Å²) in [4.78, 5) is 38.0. The molecule has 0 heterocycles. The minimum atomic E-state index is -0.952. The highest BCUT2D eigenvalue weighted by molar-refractivity contribution is 5.90. The summed E-state index contributed by atoms with van der Waals surface area (Å²) in [5, 5.41) is 15.2. The van der Waals surface area contributed by atoms with Crippen LogP contribution >= 0.6 is 0 Å². The first-order valence-corrected chi connectivity index (χ1v) is 11.6. The first-order chi connectivity index (χ1) is 15.9. The molecule has 0 radical (unpaired) electrons. The molecule has 1 aromatic rings. The SMILES string of the molecule is C=CCCCCOC(=O)NC(C(=O)NC(Cc1cccc(O)c1)C(=O)OC)C1CCCCC1. The molecule has 1 saturated carbocycles. The molecule has 2 atom stereocenters. The van der Waals surface area contributed by atoms with Crippen molar-refractivity contribution in [2.75, 3.05) is 13.7 Å². The molecule has 0 saturated heterocycles. The number of allylic oxidation sites excluding steroid dienone is 1. The fourth-order valence-electron chi connectivity index (χ4n) is 4.11.